The van der Waals surface area contributed by atoms with Gasteiger partial charge in [0.2, 0.25) is 0 Å². The molecule has 1 unspecified atom stereocenters. The van der Waals surface area contributed by atoms with Crippen LogP contribution in [-0.2, 0) is 4.79 Å². The molecule has 2 aromatic rings. The third-order valence-corrected chi connectivity index (χ3v) is 2.19. The molecule has 0 heterocycles. The lowest BCUT2D eigenvalue weighted by atomic mass is 10.1. The molecule has 0 aliphatic heterocycles. The summed E-state index contributed by atoms with van der Waals surface area (Å²) in [6.07, 6.45) is 0. The number of carboxylic acid groups (broad SMARTS) is 1. The van der Waals surface area contributed by atoms with Gasteiger partial charge in [0.1, 0.15) is 12.4 Å². The number of benzene rings is 2. The normalized spacial score (nSPS) is 10.3. The number of aliphatic hydroxyl groups is 1. The highest BCUT2D eigenvalue weighted by Gasteiger charge is 1.93. The highest BCUT2D eigenvalue weighted by molar-refractivity contribution is 5.67. The van der Waals surface area contributed by atoms with E-state index in [1.807, 2.05) is 37.3 Å². The van der Waals surface area contributed by atoms with Crippen molar-refractivity contribution in [3.05, 3.63) is 72.0 Å². The number of aliphatic carboxylic acids is 1. The molecule has 1 atom stereocenters. The molecule has 2 aromatic carbocycles. The smallest absolute Gasteiger partial charge is 0.329 e. The van der Waals surface area contributed by atoms with Gasteiger partial charge in [-0.3, -0.25) is 0 Å². The minimum Gasteiger partial charge on any atom is -0.480 e. The van der Waals surface area contributed by atoms with Crippen molar-refractivity contribution < 1.29 is 19.4 Å². The first kappa shape index (κ1) is 18.8. The minimum absolute atomic E-state index is 0.159. The van der Waals surface area contributed by atoms with Gasteiger partial charge in [0, 0.05) is 6.04 Å². The third-order valence-electron chi connectivity index (χ3n) is 2.19. The molecule has 4 N–H and O–H groups in total. The zero-order chi connectivity index (χ0) is 16.1. The second kappa shape index (κ2) is 11.6. The van der Waals surface area contributed by atoms with E-state index in [0.29, 0.717) is 0 Å². The number of rotatable bonds is 2. The average molecular weight is 293 g/mol. The molecule has 0 amide bonds. The Morgan fingerprint density at radius 2 is 1.48 bits per heavy atom. The van der Waals surface area contributed by atoms with E-state index in [0.717, 1.165) is 0 Å². The van der Waals surface area contributed by atoms with Gasteiger partial charge in [0.05, 0.1) is 0 Å². The SMILES string of the molecule is CC(N)c1ccccc1.Fc1ccccc1.O=C(O)CO. The average Bonchev–Trinajstić information content (AvgIpc) is 2.50. The van der Waals surface area contributed by atoms with E-state index in [9.17, 15) is 4.39 Å². The number of hydrogen-bond acceptors (Lipinski definition) is 3. The number of halogens is 1. The monoisotopic (exact) mass is 293 g/mol. The molecule has 0 radical (unpaired) electrons. The molecule has 2 rings (SSSR count). The van der Waals surface area contributed by atoms with Crippen LogP contribution in [0, 0.1) is 5.82 Å². The molecule has 0 aliphatic carbocycles. The van der Waals surface area contributed by atoms with Crippen molar-refractivity contribution in [3.8, 4) is 0 Å². The summed E-state index contributed by atoms with van der Waals surface area (Å²) in [6.45, 7) is 1.20. The molecule has 5 heteroatoms. The van der Waals surface area contributed by atoms with E-state index in [2.05, 4.69) is 0 Å². The summed E-state index contributed by atoms with van der Waals surface area (Å²) in [4.78, 5) is 9.12. The Morgan fingerprint density at radius 3 is 1.67 bits per heavy atom. The maximum atomic E-state index is 11.9. The van der Waals surface area contributed by atoms with Crippen molar-refractivity contribution in [2.24, 2.45) is 5.73 Å². The minimum atomic E-state index is -1.19. The summed E-state index contributed by atoms with van der Waals surface area (Å²) in [5, 5.41) is 15.0. The maximum Gasteiger partial charge on any atom is 0.329 e. The predicted molar refractivity (Wildman–Crippen MR) is 80.2 cm³/mol. The van der Waals surface area contributed by atoms with Gasteiger partial charge >= 0.3 is 5.97 Å². The molecule has 0 saturated heterocycles. The highest BCUT2D eigenvalue weighted by atomic mass is 19.1. The molecular formula is C16H20FNO3. The third kappa shape index (κ3) is 11.3. The van der Waals surface area contributed by atoms with Crippen molar-refractivity contribution in [1.29, 1.82) is 0 Å². The molecule has 4 nitrogen and oxygen atoms in total. The molecule has 21 heavy (non-hydrogen) atoms. The molecule has 0 aliphatic rings. The summed E-state index contributed by atoms with van der Waals surface area (Å²) in [5.74, 6) is -1.37. The Morgan fingerprint density at radius 1 is 1.10 bits per heavy atom. The Bertz CT molecular complexity index is 489. The van der Waals surface area contributed by atoms with Crippen molar-refractivity contribution in [2.45, 2.75) is 13.0 Å². The second-order valence-corrected chi connectivity index (χ2v) is 4.05. The maximum absolute atomic E-state index is 11.9. The van der Waals surface area contributed by atoms with Crippen LogP contribution in [0.3, 0.4) is 0 Å². The zero-order valence-electron chi connectivity index (χ0n) is 11.8. The van der Waals surface area contributed by atoms with Gasteiger partial charge in [0.15, 0.2) is 0 Å². The number of carbonyl (C=O) groups is 1. The Balaban J connectivity index is 0.000000300. The number of aliphatic hydroxyl groups excluding tert-OH is 1. The van der Waals surface area contributed by atoms with Crippen molar-refractivity contribution in [3.63, 3.8) is 0 Å². The largest absolute Gasteiger partial charge is 0.480 e. The van der Waals surface area contributed by atoms with Crippen LogP contribution in [-0.4, -0.2) is 22.8 Å². The van der Waals surface area contributed by atoms with Gasteiger partial charge in [-0.2, -0.15) is 0 Å². The van der Waals surface area contributed by atoms with Gasteiger partial charge in [-0.25, -0.2) is 9.18 Å². The van der Waals surface area contributed by atoms with Crippen molar-refractivity contribution in [1.82, 2.24) is 0 Å². The van der Waals surface area contributed by atoms with E-state index in [4.69, 9.17) is 20.7 Å². The fraction of sp³-hybridized carbons (Fsp3) is 0.188. The first-order chi connectivity index (χ1) is 9.97. The topological polar surface area (TPSA) is 83.6 Å². The molecule has 0 aromatic heterocycles. The molecule has 114 valence electrons. The standard InChI is InChI=1S/C8H11N.C6H5F.C2H4O3/c1-7(9)8-5-3-2-4-6-8;7-6-4-2-1-3-5-6;3-1-2(4)5/h2-7H,9H2,1H3;1-5H;3H,1H2,(H,4,5). The highest BCUT2D eigenvalue weighted by Crippen LogP contribution is 2.06. The summed E-state index contributed by atoms with van der Waals surface area (Å²) in [5.41, 5.74) is 6.81. The van der Waals surface area contributed by atoms with Gasteiger partial charge in [-0.05, 0) is 24.6 Å². The molecule has 0 saturated carbocycles. The zero-order valence-corrected chi connectivity index (χ0v) is 11.8. The van der Waals surface area contributed by atoms with Crippen LogP contribution in [0.5, 0.6) is 0 Å². The van der Waals surface area contributed by atoms with E-state index in [-0.39, 0.29) is 11.9 Å². The lowest BCUT2D eigenvalue weighted by molar-refractivity contribution is -0.140. The van der Waals surface area contributed by atoms with Crippen LogP contribution in [0.4, 0.5) is 4.39 Å². The predicted octanol–water partition coefficient (Wildman–Crippen LogP) is 2.60. The molecule has 0 fully saturated rings. The number of hydrogen-bond donors (Lipinski definition) is 3. The van der Waals surface area contributed by atoms with E-state index in [1.165, 1.54) is 17.7 Å². The number of carboxylic acids is 1. The second-order valence-electron chi connectivity index (χ2n) is 4.05. The van der Waals surface area contributed by atoms with Crippen molar-refractivity contribution >= 4 is 5.97 Å². The van der Waals surface area contributed by atoms with E-state index < -0.39 is 12.6 Å². The first-order valence-corrected chi connectivity index (χ1v) is 6.31. The fourth-order valence-electron chi connectivity index (χ4n) is 1.17. The summed E-state index contributed by atoms with van der Waals surface area (Å²) in [7, 11) is 0. The molecule has 0 spiro atoms. The summed E-state index contributed by atoms with van der Waals surface area (Å²) >= 11 is 0. The lowest BCUT2D eigenvalue weighted by Crippen LogP contribution is -2.03. The van der Waals surface area contributed by atoms with Crippen LogP contribution < -0.4 is 5.73 Å². The van der Waals surface area contributed by atoms with Gasteiger partial charge in [-0.1, -0.05) is 48.5 Å². The Kier molecular flexibility index (Phi) is 10.3. The fourth-order valence-corrected chi connectivity index (χ4v) is 1.17. The van der Waals surface area contributed by atoms with E-state index >= 15 is 0 Å². The van der Waals surface area contributed by atoms with Crippen LogP contribution in [0.1, 0.15) is 18.5 Å². The van der Waals surface area contributed by atoms with E-state index in [1.54, 1.807) is 18.2 Å². The number of nitrogens with two attached hydrogens (primary N) is 1. The first-order valence-electron chi connectivity index (χ1n) is 6.31. The molecule has 0 bridgehead atoms. The van der Waals surface area contributed by atoms with Crippen LogP contribution in [0.25, 0.3) is 0 Å². The van der Waals surface area contributed by atoms with Crippen LogP contribution in [0.15, 0.2) is 60.7 Å². The molecular weight excluding hydrogens is 273 g/mol. The van der Waals surface area contributed by atoms with Gasteiger partial charge < -0.3 is 15.9 Å². The summed E-state index contributed by atoms with van der Waals surface area (Å²) in [6, 6.07) is 18.2. The van der Waals surface area contributed by atoms with Crippen LogP contribution >= 0.6 is 0 Å². The van der Waals surface area contributed by atoms with Gasteiger partial charge in [0.25, 0.3) is 0 Å². The Hall–Kier alpha value is -2.24. The quantitative estimate of drug-likeness (QED) is 0.794. The Labute approximate surface area is 123 Å². The lowest BCUT2D eigenvalue weighted by Gasteiger charge is -2.02. The van der Waals surface area contributed by atoms with Crippen molar-refractivity contribution in [2.75, 3.05) is 6.61 Å². The summed E-state index contributed by atoms with van der Waals surface area (Å²) < 4.78 is 11.9. The van der Waals surface area contributed by atoms with Gasteiger partial charge in [-0.15, -0.1) is 0 Å². The van der Waals surface area contributed by atoms with Crippen LogP contribution in [0.2, 0.25) is 0 Å².